The van der Waals surface area contributed by atoms with Gasteiger partial charge >= 0.3 is 0 Å². The van der Waals surface area contributed by atoms with E-state index in [0.717, 1.165) is 37.5 Å². The van der Waals surface area contributed by atoms with Crippen molar-refractivity contribution in [2.75, 3.05) is 6.61 Å². The zero-order valence-corrected chi connectivity index (χ0v) is 13.1. The number of halogens is 1. The topological polar surface area (TPSA) is 9.23 Å². The highest BCUT2D eigenvalue weighted by molar-refractivity contribution is 5.29. The van der Waals surface area contributed by atoms with E-state index < -0.39 is 0 Å². The summed E-state index contributed by atoms with van der Waals surface area (Å²) in [6.07, 6.45) is 10.5. The molecule has 0 atom stereocenters. The Bertz CT molecular complexity index is 416. The van der Waals surface area contributed by atoms with Crippen molar-refractivity contribution in [3.8, 4) is 5.75 Å². The van der Waals surface area contributed by atoms with Crippen LogP contribution < -0.4 is 4.74 Å². The average Bonchev–Trinajstić information content (AvgIpc) is 2.54. The molecule has 0 saturated heterocycles. The summed E-state index contributed by atoms with van der Waals surface area (Å²) in [6.45, 7) is 2.91. The van der Waals surface area contributed by atoms with Crippen LogP contribution in [0, 0.1) is 5.92 Å². The van der Waals surface area contributed by atoms with Gasteiger partial charge in [0.15, 0.2) is 0 Å². The average molecular weight is 290 g/mol. The molecule has 1 saturated carbocycles. The lowest BCUT2D eigenvalue weighted by Gasteiger charge is -2.28. The maximum Gasteiger partial charge on any atom is 0.119 e. The SMILES string of the molecule is CCCOc1ccc([C@H]2CC[C@H](CCC=CF)CC2)cc1. The normalized spacial score (nSPS) is 22.6. The molecule has 1 nitrogen and oxygen atoms in total. The third-order valence-electron chi connectivity index (χ3n) is 4.50. The number of allylic oxidation sites excluding steroid dienone is 1. The highest BCUT2D eigenvalue weighted by Gasteiger charge is 2.21. The first-order valence-corrected chi connectivity index (χ1v) is 8.31. The molecule has 1 aliphatic carbocycles. The zero-order chi connectivity index (χ0) is 14.9. The molecule has 0 aromatic heterocycles. The molecule has 0 N–H and O–H groups in total. The summed E-state index contributed by atoms with van der Waals surface area (Å²) in [5.74, 6) is 2.45. The van der Waals surface area contributed by atoms with Gasteiger partial charge in [-0.1, -0.05) is 25.1 Å². The van der Waals surface area contributed by atoms with E-state index in [1.807, 2.05) is 0 Å². The molecule has 0 heterocycles. The highest BCUT2D eigenvalue weighted by Crippen LogP contribution is 2.37. The van der Waals surface area contributed by atoms with E-state index in [9.17, 15) is 4.39 Å². The van der Waals surface area contributed by atoms with Crippen LogP contribution in [0.25, 0.3) is 0 Å². The Morgan fingerprint density at radius 3 is 2.48 bits per heavy atom. The van der Waals surface area contributed by atoms with Crippen molar-refractivity contribution in [2.24, 2.45) is 5.92 Å². The van der Waals surface area contributed by atoms with Crippen molar-refractivity contribution in [2.45, 2.75) is 57.8 Å². The lowest BCUT2D eigenvalue weighted by Crippen LogP contribution is -2.13. The van der Waals surface area contributed by atoms with Gasteiger partial charge in [0, 0.05) is 0 Å². The quantitative estimate of drug-likeness (QED) is 0.597. The maximum atomic E-state index is 12.0. The van der Waals surface area contributed by atoms with Crippen molar-refractivity contribution < 1.29 is 9.13 Å². The van der Waals surface area contributed by atoms with Crippen LogP contribution in [-0.4, -0.2) is 6.61 Å². The van der Waals surface area contributed by atoms with Gasteiger partial charge in [0.05, 0.1) is 12.9 Å². The largest absolute Gasteiger partial charge is 0.494 e. The van der Waals surface area contributed by atoms with Gasteiger partial charge in [0.2, 0.25) is 0 Å². The summed E-state index contributed by atoms with van der Waals surface area (Å²) in [4.78, 5) is 0. The van der Waals surface area contributed by atoms with Crippen molar-refractivity contribution in [3.05, 3.63) is 42.2 Å². The van der Waals surface area contributed by atoms with Crippen LogP contribution >= 0.6 is 0 Å². The van der Waals surface area contributed by atoms with Gasteiger partial charge in [-0.3, -0.25) is 0 Å². The molecule has 0 unspecified atom stereocenters. The van der Waals surface area contributed by atoms with Gasteiger partial charge in [0.25, 0.3) is 0 Å². The van der Waals surface area contributed by atoms with Crippen LogP contribution in [-0.2, 0) is 0 Å². The molecule has 2 heteroatoms. The summed E-state index contributed by atoms with van der Waals surface area (Å²) in [6, 6.07) is 8.65. The minimum Gasteiger partial charge on any atom is -0.494 e. The van der Waals surface area contributed by atoms with E-state index in [-0.39, 0.29) is 0 Å². The standard InChI is InChI=1S/C19H27FO/c1-2-15-21-19-12-10-18(11-13-19)17-8-6-16(7-9-17)5-3-4-14-20/h4,10-14,16-17H,2-3,5-9,15H2,1H3/t16-,17-. The van der Waals surface area contributed by atoms with Crippen molar-refractivity contribution in [3.63, 3.8) is 0 Å². The van der Waals surface area contributed by atoms with Crippen LogP contribution in [0.1, 0.15) is 63.4 Å². The Hall–Kier alpha value is -1.31. The fourth-order valence-corrected chi connectivity index (χ4v) is 3.24. The highest BCUT2D eigenvalue weighted by atomic mass is 19.1. The van der Waals surface area contributed by atoms with Gasteiger partial charge < -0.3 is 4.74 Å². The summed E-state index contributed by atoms with van der Waals surface area (Å²) in [7, 11) is 0. The summed E-state index contributed by atoms with van der Waals surface area (Å²) < 4.78 is 17.6. The van der Waals surface area contributed by atoms with Crippen LogP contribution in [0.4, 0.5) is 4.39 Å². The first-order chi connectivity index (χ1) is 10.3. The molecule has 1 aromatic carbocycles. The zero-order valence-electron chi connectivity index (χ0n) is 13.1. The molecule has 21 heavy (non-hydrogen) atoms. The van der Waals surface area contributed by atoms with E-state index >= 15 is 0 Å². The molecular formula is C19H27FO. The van der Waals surface area contributed by atoms with Crippen molar-refractivity contribution in [1.29, 1.82) is 0 Å². The molecule has 1 aromatic rings. The lowest BCUT2D eigenvalue weighted by molar-refractivity contribution is 0.309. The van der Waals surface area contributed by atoms with E-state index in [0.29, 0.717) is 12.2 Å². The lowest BCUT2D eigenvalue weighted by atomic mass is 9.77. The molecule has 116 valence electrons. The molecule has 0 radical (unpaired) electrons. The Balaban J connectivity index is 1.79. The van der Waals surface area contributed by atoms with Crippen molar-refractivity contribution in [1.82, 2.24) is 0 Å². The van der Waals surface area contributed by atoms with Gasteiger partial charge in [0.1, 0.15) is 5.75 Å². The third-order valence-corrected chi connectivity index (χ3v) is 4.50. The Labute approximate surface area is 128 Å². The maximum absolute atomic E-state index is 12.0. The molecule has 0 aliphatic heterocycles. The molecule has 0 bridgehead atoms. The van der Waals surface area contributed by atoms with Crippen LogP contribution in [0.15, 0.2) is 36.7 Å². The number of hydrogen-bond acceptors (Lipinski definition) is 1. The number of ether oxygens (including phenoxy) is 1. The van der Waals surface area contributed by atoms with E-state index in [1.54, 1.807) is 6.08 Å². The number of benzene rings is 1. The van der Waals surface area contributed by atoms with Gasteiger partial charge in [-0.15, -0.1) is 0 Å². The molecule has 0 spiro atoms. The minimum absolute atomic E-state index is 0.674. The fourth-order valence-electron chi connectivity index (χ4n) is 3.24. The third kappa shape index (κ3) is 5.18. The van der Waals surface area contributed by atoms with Gasteiger partial charge in [-0.2, -0.15) is 0 Å². The molecule has 2 rings (SSSR count). The summed E-state index contributed by atoms with van der Waals surface area (Å²) in [5, 5.41) is 0. The van der Waals surface area contributed by atoms with Crippen LogP contribution in [0.2, 0.25) is 0 Å². The van der Waals surface area contributed by atoms with E-state index in [4.69, 9.17) is 4.74 Å². The first kappa shape index (κ1) is 16.1. The smallest absolute Gasteiger partial charge is 0.119 e. The second-order valence-electron chi connectivity index (χ2n) is 6.07. The molecular weight excluding hydrogens is 263 g/mol. The molecule has 1 fully saturated rings. The first-order valence-electron chi connectivity index (χ1n) is 8.31. The van der Waals surface area contributed by atoms with Gasteiger partial charge in [-0.25, -0.2) is 4.39 Å². The van der Waals surface area contributed by atoms with Crippen molar-refractivity contribution >= 4 is 0 Å². The number of rotatable bonds is 7. The summed E-state index contributed by atoms with van der Waals surface area (Å²) >= 11 is 0. The monoisotopic (exact) mass is 290 g/mol. The van der Waals surface area contributed by atoms with Crippen LogP contribution in [0.5, 0.6) is 5.75 Å². The van der Waals surface area contributed by atoms with E-state index in [1.165, 1.54) is 31.2 Å². The Kier molecular flexibility index (Phi) is 6.78. The van der Waals surface area contributed by atoms with E-state index in [2.05, 4.69) is 31.2 Å². The summed E-state index contributed by atoms with van der Waals surface area (Å²) in [5.41, 5.74) is 1.45. The second kappa shape index (κ2) is 8.86. The number of hydrogen-bond donors (Lipinski definition) is 0. The van der Waals surface area contributed by atoms with Crippen LogP contribution in [0.3, 0.4) is 0 Å². The van der Waals surface area contributed by atoms with Gasteiger partial charge in [-0.05, 0) is 74.5 Å². The Morgan fingerprint density at radius 1 is 1.14 bits per heavy atom. The fraction of sp³-hybridized carbons (Fsp3) is 0.579. The second-order valence-corrected chi connectivity index (χ2v) is 6.07. The molecule has 1 aliphatic rings. The Morgan fingerprint density at radius 2 is 1.86 bits per heavy atom. The minimum atomic E-state index is 0.674. The molecule has 0 amide bonds. The predicted molar refractivity (Wildman–Crippen MR) is 86.4 cm³/mol. The predicted octanol–water partition coefficient (Wildman–Crippen LogP) is 6.01.